The van der Waals surface area contributed by atoms with Crippen molar-refractivity contribution in [2.75, 3.05) is 5.32 Å². The van der Waals surface area contributed by atoms with Gasteiger partial charge in [-0.15, -0.1) is 11.3 Å². The predicted molar refractivity (Wildman–Crippen MR) is 72.1 cm³/mol. The van der Waals surface area contributed by atoms with E-state index in [-0.39, 0.29) is 10.6 Å². The molecule has 18 heavy (non-hydrogen) atoms. The van der Waals surface area contributed by atoms with Crippen LogP contribution in [0.25, 0.3) is 10.2 Å². The number of thiazole rings is 1. The number of hydrogen-bond acceptors (Lipinski definition) is 5. The lowest BCUT2D eigenvalue weighted by atomic mass is 9.82. The van der Waals surface area contributed by atoms with Crippen molar-refractivity contribution in [1.29, 1.82) is 0 Å². The summed E-state index contributed by atoms with van der Waals surface area (Å²) in [5.41, 5.74) is 2.83. The van der Waals surface area contributed by atoms with Crippen LogP contribution in [0, 0.1) is 16.0 Å². The van der Waals surface area contributed by atoms with Gasteiger partial charge >= 0.3 is 5.69 Å². The van der Waals surface area contributed by atoms with Crippen LogP contribution in [-0.4, -0.2) is 15.9 Å². The second kappa shape index (κ2) is 4.20. The maximum absolute atomic E-state index is 11.2. The SMILES string of the molecule is CC1CC(Nc2ccc3scnc3c2[N+](=O)[O-])C1. The van der Waals surface area contributed by atoms with Gasteiger partial charge < -0.3 is 5.32 Å². The first-order chi connectivity index (χ1) is 8.65. The van der Waals surface area contributed by atoms with Crippen LogP contribution in [0.1, 0.15) is 19.8 Å². The molecular formula is C12H13N3O2S. The van der Waals surface area contributed by atoms with Gasteiger partial charge in [-0.2, -0.15) is 0 Å². The minimum Gasteiger partial charge on any atom is -0.377 e. The average molecular weight is 263 g/mol. The summed E-state index contributed by atoms with van der Waals surface area (Å²) in [7, 11) is 0. The number of nitro benzene ring substituents is 1. The number of aromatic nitrogens is 1. The maximum Gasteiger partial charge on any atom is 0.319 e. The van der Waals surface area contributed by atoms with E-state index < -0.39 is 0 Å². The number of benzene rings is 1. The summed E-state index contributed by atoms with van der Waals surface area (Å²) in [6.07, 6.45) is 2.15. The van der Waals surface area contributed by atoms with Crippen LogP contribution in [0.5, 0.6) is 0 Å². The van der Waals surface area contributed by atoms with Crippen LogP contribution in [-0.2, 0) is 0 Å². The highest BCUT2D eigenvalue weighted by Crippen LogP contribution is 2.37. The molecule has 5 nitrogen and oxygen atoms in total. The van der Waals surface area contributed by atoms with Crippen LogP contribution in [0.15, 0.2) is 17.6 Å². The van der Waals surface area contributed by atoms with Crippen LogP contribution >= 0.6 is 11.3 Å². The highest BCUT2D eigenvalue weighted by Gasteiger charge is 2.28. The fourth-order valence-corrected chi connectivity index (χ4v) is 3.14. The molecule has 94 valence electrons. The Labute approximate surface area is 108 Å². The molecule has 1 aliphatic rings. The number of nitro groups is 1. The third-order valence-electron chi connectivity index (χ3n) is 3.39. The number of nitrogens with one attached hydrogen (secondary N) is 1. The molecule has 1 N–H and O–H groups in total. The number of hydrogen-bond donors (Lipinski definition) is 1. The fourth-order valence-electron chi connectivity index (χ4n) is 2.46. The average Bonchev–Trinajstić information content (AvgIpc) is 2.73. The van der Waals surface area contributed by atoms with E-state index in [1.54, 1.807) is 11.6 Å². The second-order valence-corrected chi connectivity index (χ2v) is 5.72. The Morgan fingerprint density at radius 2 is 2.28 bits per heavy atom. The lowest BCUT2D eigenvalue weighted by molar-refractivity contribution is -0.382. The summed E-state index contributed by atoms with van der Waals surface area (Å²) in [6, 6.07) is 4.04. The third-order valence-corrected chi connectivity index (χ3v) is 4.19. The fraction of sp³-hybridized carbons (Fsp3) is 0.417. The van der Waals surface area contributed by atoms with Gasteiger partial charge in [0.15, 0.2) is 5.52 Å². The standard InChI is InChI=1S/C12H13N3O2S/c1-7-4-8(5-7)14-9-2-3-10-11(13-6-18-10)12(9)15(16)17/h2-3,6-8,14H,4-5H2,1H3. The molecule has 1 aromatic heterocycles. The summed E-state index contributed by atoms with van der Waals surface area (Å²) < 4.78 is 0.856. The molecule has 0 bridgehead atoms. The van der Waals surface area contributed by atoms with Crippen LogP contribution in [0.3, 0.4) is 0 Å². The van der Waals surface area contributed by atoms with E-state index in [0.717, 1.165) is 17.5 Å². The highest BCUT2D eigenvalue weighted by atomic mass is 32.1. The Morgan fingerprint density at radius 1 is 1.50 bits per heavy atom. The van der Waals surface area contributed by atoms with Crippen molar-refractivity contribution in [2.45, 2.75) is 25.8 Å². The van der Waals surface area contributed by atoms with Crippen LogP contribution in [0.2, 0.25) is 0 Å². The Bertz CT molecular complexity index is 604. The molecule has 0 radical (unpaired) electrons. The Morgan fingerprint density at radius 3 is 2.94 bits per heavy atom. The Hall–Kier alpha value is -1.69. The Balaban J connectivity index is 1.99. The van der Waals surface area contributed by atoms with E-state index in [1.165, 1.54) is 11.3 Å². The molecule has 1 aromatic carbocycles. The molecule has 0 unspecified atom stereocenters. The quantitative estimate of drug-likeness (QED) is 0.680. The van der Waals surface area contributed by atoms with Crippen LogP contribution in [0.4, 0.5) is 11.4 Å². The molecule has 6 heteroatoms. The van der Waals surface area contributed by atoms with E-state index in [9.17, 15) is 10.1 Å². The highest BCUT2D eigenvalue weighted by molar-refractivity contribution is 7.16. The molecule has 0 aliphatic heterocycles. The minimum atomic E-state index is -0.341. The van der Waals surface area contributed by atoms with Crippen molar-refractivity contribution < 1.29 is 4.92 Å². The van der Waals surface area contributed by atoms with Crippen molar-refractivity contribution >= 4 is 32.9 Å². The zero-order chi connectivity index (χ0) is 12.7. The van der Waals surface area contributed by atoms with E-state index >= 15 is 0 Å². The molecule has 0 amide bonds. The molecule has 1 fully saturated rings. The van der Waals surface area contributed by atoms with Gasteiger partial charge in [-0.3, -0.25) is 10.1 Å². The second-order valence-electron chi connectivity index (χ2n) is 4.84. The smallest absolute Gasteiger partial charge is 0.319 e. The summed E-state index contributed by atoms with van der Waals surface area (Å²) in [5, 5.41) is 14.5. The van der Waals surface area contributed by atoms with Gasteiger partial charge in [0.2, 0.25) is 0 Å². The molecule has 1 heterocycles. The largest absolute Gasteiger partial charge is 0.377 e. The first-order valence-electron chi connectivity index (χ1n) is 5.92. The van der Waals surface area contributed by atoms with Gasteiger partial charge in [0.05, 0.1) is 15.1 Å². The van der Waals surface area contributed by atoms with Crippen molar-refractivity contribution in [3.8, 4) is 0 Å². The van der Waals surface area contributed by atoms with Gasteiger partial charge in [-0.1, -0.05) is 6.92 Å². The van der Waals surface area contributed by atoms with Gasteiger partial charge in [0, 0.05) is 6.04 Å². The number of anilines is 1. The minimum absolute atomic E-state index is 0.105. The summed E-state index contributed by atoms with van der Waals surface area (Å²) >= 11 is 1.42. The van der Waals surface area contributed by atoms with Crippen molar-refractivity contribution in [2.24, 2.45) is 5.92 Å². The summed E-state index contributed by atoms with van der Waals surface area (Å²) in [5.74, 6) is 0.713. The normalized spacial score (nSPS) is 22.7. The lowest BCUT2D eigenvalue weighted by Gasteiger charge is -2.33. The molecule has 2 aromatic rings. The first kappa shape index (κ1) is 11.4. The summed E-state index contributed by atoms with van der Waals surface area (Å²) in [4.78, 5) is 15.0. The molecule has 0 saturated heterocycles. The van der Waals surface area contributed by atoms with E-state index in [4.69, 9.17) is 0 Å². The van der Waals surface area contributed by atoms with Crippen molar-refractivity contribution in [3.63, 3.8) is 0 Å². The third kappa shape index (κ3) is 1.82. The topological polar surface area (TPSA) is 68.1 Å². The zero-order valence-electron chi connectivity index (χ0n) is 9.92. The lowest BCUT2D eigenvalue weighted by Crippen LogP contribution is -2.33. The van der Waals surface area contributed by atoms with Gasteiger partial charge in [-0.25, -0.2) is 4.98 Å². The molecule has 1 aliphatic carbocycles. The van der Waals surface area contributed by atoms with Gasteiger partial charge in [-0.05, 0) is 30.9 Å². The number of rotatable bonds is 3. The number of nitrogens with zero attached hydrogens (tertiary/aromatic N) is 2. The van der Waals surface area contributed by atoms with E-state index in [0.29, 0.717) is 23.2 Å². The Kier molecular flexibility index (Phi) is 2.66. The molecule has 0 atom stereocenters. The monoisotopic (exact) mass is 263 g/mol. The van der Waals surface area contributed by atoms with Crippen molar-refractivity contribution in [3.05, 3.63) is 27.8 Å². The molecule has 0 spiro atoms. The zero-order valence-corrected chi connectivity index (χ0v) is 10.7. The molecular weight excluding hydrogens is 250 g/mol. The van der Waals surface area contributed by atoms with Gasteiger partial charge in [0.1, 0.15) is 5.69 Å². The maximum atomic E-state index is 11.2. The first-order valence-corrected chi connectivity index (χ1v) is 6.80. The predicted octanol–water partition coefficient (Wildman–Crippen LogP) is 3.41. The van der Waals surface area contributed by atoms with Crippen LogP contribution < -0.4 is 5.32 Å². The summed E-state index contributed by atoms with van der Waals surface area (Å²) in [6.45, 7) is 2.19. The van der Waals surface area contributed by atoms with E-state index in [2.05, 4.69) is 17.2 Å². The van der Waals surface area contributed by atoms with Gasteiger partial charge in [0.25, 0.3) is 0 Å². The molecule has 1 saturated carbocycles. The number of fused-ring (bicyclic) bond motifs is 1. The van der Waals surface area contributed by atoms with Crippen molar-refractivity contribution in [1.82, 2.24) is 4.98 Å². The van der Waals surface area contributed by atoms with E-state index in [1.807, 2.05) is 6.07 Å². The molecule has 3 rings (SSSR count).